The molecular formula is C19H25N3O3S. The van der Waals surface area contributed by atoms with Crippen LogP contribution in [0.1, 0.15) is 41.4 Å². The molecule has 0 bridgehead atoms. The molecule has 3 rings (SSSR count). The van der Waals surface area contributed by atoms with Crippen molar-refractivity contribution in [2.75, 3.05) is 18.4 Å². The molecule has 2 aromatic rings. The molecule has 6 nitrogen and oxygen atoms in total. The molecular weight excluding hydrogens is 350 g/mol. The quantitative estimate of drug-likeness (QED) is 0.873. The minimum absolute atomic E-state index is 0.174. The summed E-state index contributed by atoms with van der Waals surface area (Å²) in [5, 5.41) is 2.95. The number of sulfonamides is 1. The second-order valence-electron chi connectivity index (χ2n) is 6.70. The summed E-state index contributed by atoms with van der Waals surface area (Å²) in [5.41, 5.74) is 3.16. The third kappa shape index (κ3) is 3.41. The molecule has 0 unspecified atom stereocenters. The van der Waals surface area contributed by atoms with Crippen molar-refractivity contribution in [3.05, 3.63) is 47.3 Å². The Labute approximate surface area is 154 Å². The number of nitrogens with one attached hydrogen (secondary N) is 1. The first-order valence-electron chi connectivity index (χ1n) is 8.91. The number of nitrogens with zero attached hydrogens (tertiary/aromatic N) is 2. The smallest absolute Gasteiger partial charge is 0.272 e. The highest BCUT2D eigenvalue weighted by Crippen LogP contribution is 2.25. The third-order valence-electron chi connectivity index (χ3n) is 4.89. The van der Waals surface area contributed by atoms with Gasteiger partial charge in [0, 0.05) is 32.0 Å². The molecule has 1 amide bonds. The van der Waals surface area contributed by atoms with Gasteiger partial charge in [-0.3, -0.25) is 4.79 Å². The fourth-order valence-corrected chi connectivity index (χ4v) is 4.95. The second-order valence-corrected chi connectivity index (χ2v) is 8.64. The number of aromatic nitrogens is 1. The Hall–Kier alpha value is -2.12. The number of para-hydroxylation sites is 1. The lowest BCUT2D eigenvalue weighted by Crippen LogP contribution is -2.27. The molecule has 1 N–H and O–H groups in total. The maximum Gasteiger partial charge on any atom is 0.272 e. The highest BCUT2D eigenvalue weighted by atomic mass is 32.2. The average molecular weight is 375 g/mol. The van der Waals surface area contributed by atoms with E-state index in [1.165, 1.54) is 16.6 Å². The zero-order chi connectivity index (χ0) is 18.9. The number of rotatable bonds is 5. The van der Waals surface area contributed by atoms with Crippen molar-refractivity contribution in [2.24, 2.45) is 7.05 Å². The normalized spacial score (nSPS) is 15.3. The van der Waals surface area contributed by atoms with Crippen LogP contribution in [0.3, 0.4) is 0 Å². The van der Waals surface area contributed by atoms with Crippen molar-refractivity contribution in [3.8, 4) is 0 Å². The Kier molecular flexibility index (Phi) is 5.20. The molecule has 26 heavy (non-hydrogen) atoms. The van der Waals surface area contributed by atoms with Crippen LogP contribution in [0.2, 0.25) is 0 Å². The first kappa shape index (κ1) is 18.7. The second kappa shape index (κ2) is 7.25. The lowest BCUT2D eigenvalue weighted by Gasteiger charge is -2.13. The molecule has 1 saturated heterocycles. The highest BCUT2D eigenvalue weighted by Gasteiger charge is 2.29. The molecule has 0 spiro atoms. The molecule has 7 heteroatoms. The summed E-state index contributed by atoms with van der Waals surface area (Å²) < 4.78 is 28.5. The molecule has 0 radical (unpaired) electrons. The number of hydrogen-bond donors (Lipinski definition) is 1. The summed E-state index contributed by atoms with van der Waals surface area (Å²) in [6.07, 6.45) is 4.08. The molecule has 1 fully saturated rings. The highest BCUT2D eigenvalue weighted by molar-refractivity contribution is 7.89. The van der Waals surface area contributed by atoms with Crippen LogP contribution in [-0.4, -0.2) is 36.3 Å². The standard InChI is InChI=1S/C19H25N3O3S/c1-4-15-9-7-8-14(2)18(15)20-19(23)17-12-16(13-21(17)3)26(24,25)22-10-5-6-11-22/h7-9,12-13H,4-6,10-11H2,1-3H3,(H,20,23). The van der Waals surface area contributed by atoms with Gasteiger partial charge in [-0.25, -0.2) is 8.42 Å². The van der Waals surface area contributed by atoms with Gasteiger partial charge in [0.25, 0.3) is 5.91 Å². The van der Waals surface area contributed by atoms with Crippen molar-refractivity contribution in [2.45, 2.75) is 38.0 Å². The number of aryl methyl sites for hydroxylation is 3. The van der Waals surface area contributed by atoms with Gasteiger partial charge in [-0.1, -0.05) is 25.1 Å². The summed E-state index contributed by atoms with van der Waals surface area (Å²) in [7, 11) is -1.84. The van der Waals surface area contributed by atoms with Crippen molar-refractivity contribution >= 4 is 21.6 Å². The molecule has 1 aromatic carbocycles. The first-order valence-corrected chi connectivity index (χ1v) is 10.3. The lowest BCUT2D eigenvalue weighted by atomic mass is 10.1. The van der Waals surface area contributed by atoms with Gasteiger partial charge in [0.05, 0.1) is 0 Å². The van der Waals surface area contributed by atoms with Gasteiger partial charge in [-0.15, -0.1) is 0 Å². The average Bonchev–Trinajstić information content (AvgIpc) is 3.26. The van der Waals surface area contributed by atoms with Crippen LogP contribution in [0.4, 0.5) is 5.69 Å². The minimum atomic E-state index is -3.54. The molecule has 140 valence electrons. The molecule has 1 aliphatic rings. The van der Waals surface area contributed by atoms with Gasteiger partial charge >= 0.3 is 0 Å². The zero-order valence-corrected chi connectivity index (χ0v) is 16.3. The van der Waals surface area contributed by atoms with Crippen molar-refractivity contribution in [1.82, 2.24) is 8.87 Å². The maximum atomic E-state index is 12.8. The van der Waals surface area contributed by atoms with Crippen LogP contribution in [-0.2, 0) is 23.5 Å². The van der Waals surface area contributed by atoms with E-state index in [9.17, 15) is 13.2 Å². The molecule has 1 aliphatic heterocycles. The zero-order valence-electron chi connectivity index (χ0n) is 15.4. The summed E-state index contributed by atoms with van der Waals surface area (Å²) in [6, 6.07) is 7.36. The van der Waals surface area contributed by atoms with Gasteiger partial charge in [0.15, 0.2) is 0 Å². The fourth-order valence-electron chi connectivity index (χ4n) is 3.36. The van der Waals surface area contributed by atoms with Crippen LogP contribution >= 0.6 is 0 Å². The Morgan fingerprint density at radius 1 is 1.23 bits per heavy atom. The molecule has 0 saturated carbocycles. The lowest BCUT2D eigenvalue weighted by molar-refractivity contribution is 0.101. The maximum absolute atomic E-state index is 12.8. The summed E-state index contributed by atoms with van der Waals surface area (Å²) in [4.78, 5) is 13.0. The number of benzene rings is 1. The van der Waals surface area contributed by atoms with Crippen LogP contribution < -0.4 is 5.32 Å². The Morgan fingerprint density at radius 3 is 2.58 bits per heavy atom. The van der Waals surface area contributed by atoms with E-state index in [1.807, 2.05) is 32.0 Å². The number of carbonyl (C=O) groups excluding carboxylic acids is 1. The molecule has 0 atom stereocenters. The van der Waals surface area contributed by atoms with Gasteiger partial charge < -0.3 is 9.88 Å². The predicted octanol–water partition coefficient (Wildman–Crippen LogP) is 2.93. The number of amides is 1. The first-order chi connectivity index (χ1) is 12.3. The Bertz CT molecular complexity index is 926. The van der Waals surface area contributed by atoms with Crippen LogP contribution in [0.5, 0.6) is 0 Å². The van der Waals surface area contributed by atoms with Crippen LogP contribution in [0, 0.1) is 6.92 Å². The van der Waals surface area contributed by atoms with Crippen LogP contribution in [0.15, 0.2) is 35.4 Å². The molecule has 0 aliphatic carbocycles. The summed E-state index contributed by atoms with van der Waals surface area (Å²) >= 11 is 0. The van der Waals surface area contributed by atoms with E-state index in [4.69, 9.17) is 0 Å². The van der Waals surface area contributed by atoms with Gasteiger partial charge in [0.2, 0.25) is 10.0 Å². The summed E-state index contributed by atoms with van der Waals surface area (Å²) in [5.74, 6) is -0.306. The van der Waals surface area contributed by atoms with E-state index in [-0.39, 0.29) is 10.8 Å². The van der Waals surface area contributed by atoms with E-state index in [1.54, 1.807) is 11.6 Å². The van der Waals surface area contributed by atoms with Crippen molar-refractivity contribution in [1.29, 1.82) is 0 Å². The largest absolute Gasteiger partial charge is 0.345 e. The fraction of sp³-hybridized carbons (Fsp3) is 0.421. The van der Waals surface area contributed by atoms with Crippen molar-refractivity contribution in [3.63, 3.8) is 0 Å². The SMILES string of the molecule is CCc1cccc(C)c1NC(=O)c1cc(S(=O)(=O)N2CCCC2)cn1C. The van der Waals surface area contributed by atoms with E-state index >= 15 is 0 Å². The minimum Gasteiger partial charge on any atom is -0.345 e. The van der Waals surface area contributed by atoms with E-state index in [0.29, 0.717) is 18.8 Å². The topological polar surface area (TPSA) is 71.4 Å². The number of hydrogen-bond acceptors (Lipinski definition) is 3. The van der Waals surface area contributed by atoms with Gasteiger partial charge in [-0.05, 0) is 43.4 Å². The van der Waals surface area contributed by atoms with Crippen LogP contribution in [0.25, 0.3) is 0 Å². The Morgan fingerprint density at radius 2 is 1.92 bits per heavy atom. The summed E-state index contributed by atoms with van der Waals surface area (Å²) in [6.45, 7) is 5.07. The number of anilines is 1. The monoisotopic (exact) mass is 375 g/mol. The van der Waals surface area contributed by atoms with Gasteiger partial charge in [0.1, 0.15) is 10.6 Å². The molecule has 2 heterocycles. The predicted molar refractivity (Wildman–Crippen MR) is 102 cm³/mol. The number of carbonyl (C=O) groups is 1. The Balaban J connectivity index is 1.89. The molecule has 1 aromatic heterocycles. The third-order valence-corrected chi connectivity index (χ3v) is 6.76. The van der Waals surface area contributed by atoms with Gasteiger partial charge in [-0.2, -0.15) is 4.31 Å². The van der Waals surface area contributed by atoms with Crippen molar-refractivity contribution < 1.29 is 13.2 Å². The van der Waals surface area contributed by atoms with E-state index in [0.717, 1.165) is 36.1 Å². The van der Waals surface area contributed by atoms with E-state index in [2.05, 4.69) is 5.32 Å². The van der Waals surface area contributed by atoms with E-state index < -0.39 is 10.0 Å².